The number of carbonyl (C=O) groups is 2. The van der Waals surface area contributed by atoms with Gasteiger partial charge in [-0.2, -0.15) is 0 Å². The zero-order valence-electron chi connectivity index (χ0n) is 12.6. The van der Waals surface area contributed by atoms with Crippen LogP contribution in [0.2, 0.25) is 10.0 Å². The lowest BCUT2D eigenvalue weighted by Crippen LogP contribution is -2.45. The van der Waals surface area contributed by atoms with Gasteiger partial charge in [-0.3, -0.25) is 9.59 Å². The molecule has 0 aromatic heterocycles. The lowest BCUT2D eigenvalue weighted by atomic mass is 9.98. The van der Waals surface area contributed by atoms with Crippen LogP contribution < -0.4 is 10.6 Å². The van der Waals surface area contributed by atoms with Crippen molar-refractivity contribution in [1.82, 2.24) is 10.6 Å². The Kier molecular flexibility index (Phi) is 7.13. The summed E-state index contributed by atoms with van der Waals surface area (Å²) in [5.74, 6) is -0.836. The number of hydrogen-bond donors (Lipinski definition) is 3. The summed E-state index contributed by atoms with van der Waals surface area (Å²) in [6.07, 6.45) is 1.08. The molecule has 0 heterocycles. The Hall–Kier alpha value is -1.30. The van der Waals surface area contributed by atoms with Gasteiger partial charge in [0.2, 0.25) is 5.91 Å². The third-order valence-corrected chi connectivity index (χ3v) is 4.06. The van der Waals surface area contributed by atoms with Gasteiger partial charge in [0.1, 0.15) is 0 Å². The molecule has 0 aliphatic rings. The summed E-state index contributed by atoms with van der Waals surface area (Å²) in [6.45, 7) is 3.65. The van der Waals surface area contributed by atoms with E-state index in [1.54, 1.807) is 6.07 Å². The lowest BCUT2D eigenvalue weighted by Gasteiger charge is -2.25. The Balaban J connectivity index is 2.48. The van der Waals surface area contributed by atoms with Crippen molar-refractivity contribution in [3.8, 4) is 0 Å². The zero-order valence-corrected chi connectivity index (χ0v) is 14.1. The molecule has 0 aliphatic heterocycles. The molecule has 0 bridgehead atoms. The fourth-order valence-electron chi connectivity index (χ4n) is 1.76. The number of halogens is 2. The molecule has 5 nitrogen and oxygen atoms in total. The van der Waals surface area contributed by atoms with Crippen LogP contribution >= 0.6 is 23.2 Å². The van der Waals surface area contributed by atoms with Crippen LogP contribution in [-0.4, -0.2) is 35.6 Å². The first-order valence-electron chi connectivity index (χ1n) is 7.03. The molecule has 0 atom stereocenters. The van der Waals surface area contributed by atoms with Crippen LogP contribution in [0.5, 0.6) is 0 Å². The van der Waals surface area contributed by atoms with E-state index in [2.05, 4.69) is 10.6 Å². The van der Waals surface area contributed by atoms with Crippen LogP contribution in [0.1, 0.15) is 37.0 Å². The minimum atomic E-state index is -0.918. The minimum absolute atomic E-state index is 0.149. The maximum absolute atomic E-state index is 11.9. The summed E-state index contributed by atoms with van der Waals surface area (Å²) in [5.41, 5.74) is -0.670. The Morgan fingerprint density at radius 2 is 1.82 bits per heavy atom. The van der Waals surface area contributed by atoms with Crippen LogP contribution in [0.3, 0.4) is 0 Å². The second-order valence-corrected chi connectivity index (χ2v) is 5.86. The SMILES string of the molecule is CCC(O)(CC)CNC(=O)CNC(=O)c1ccc(Cl)cc1Cl. The van der Waals surface area contributed by atoms with Gasteiger partial charge in [-0.1, -0.05) is 37.0 Å². The van der Waals surface area contributed by atoms with E-state index in [1.807, 2.05) is 13.8 Å². The first-order valence-corrected chi connectivity index (χ1v) is 7.79. The molecule has 0 aliphatic carbocycles. The van der Waals surface area contributed by atoms with Crippen molar-refractivity contribution >= 4 is 35.0 Å². The molecule has 1 aromatic carbocycles. The van der Waals surface area contributed by atoms with Gasteiger partial charge in [0.05, 0.1) is 22.7 Å². The van der Waals surface area contributed by atoms with Crippen molar-refractivity contribution < 1.29 is 14.7 Å². The molecule has 1 rings (SSSR count). The van der Waals surface area contributed by atoms with Gasteiger partial charge in [-0.25, -0.2) is 0 Å². The third kappa shape index (κ3) is 5.48. The minimum Gasteiger partial charge on any atom is -0.388 e. The molecule has 0 spiro atoms. The maximum Gasteiger partial charge on any atom is 0.253 e. The topological polar surface area (TPSA) is 78.4 Å². The number of nitrogens with one attached hydrogen (secondary N) is 2. The van der Waals surface area contributed by atoms with Crippen LogP contribution in [0.25, 0.3) is 0 Å². The summed E-state index contributed by atoms with van der Waals surface area (Å²) in [7, 11) is 0. The van der Waals surface area contributed by atoms with Crippen LogP contribution in [0.15, 0.2) is 18.2 Å². The van der Waals surface area contributed by atoms with Gasteiger partial charge in [-0.15, -0.1) is 0 Å². The first kappa shape index (κ1) is 18.7. The Labute approximate surface area is 140 Å². The molecule has 122 valence electrons. The standard InChI is InChI=1S/C15H20Cl2N2O3/c1-3-15(22,4-2)9-19-13(20)8-18-14(21)11-6-5-10(16)7-12(11)17/h5-7,22H,3-4,8-9H2,1-2H3,(H,18,21)(H,19,20). The van der Waals surface area contributed by atoms with E-state index in [0.717, 1.165) is 0 Å². The molecule has 0 saturated heterocycles. The van der Waals surface area contributed by atoms with E-state index in [0.29, 0.717) is 17.9 Å². The number of aliphatic hydroxyl groups is 1. The normalized spacial score (nSPS) is 11.1. The summed E-state index contributed by atoms with van der Waals surface area (Å²) in [4.78, 5) is 23.6. The van der Waals surface area contributed by atoms with Crippen molar-refractivity contribution in [3.05, 3.63) is 33.8 Å². The second kappa shape index (κ2) is 8.36. The number of benzene rings is 1. The van der Waals surface area contributed by atoms with Gasteiger partial charge < -0.3 is 15.7 Å². The smallest absolute Gasteiger partial charge is 0.253 e. The summed E-state index contributed by atoms with van der Waals surface area (Å²) in [6, 6.07) is 4.50. The van der Waals surface area contributed by atoms with E-state index in [-0.39, 0.29) is 29.6 Å². The number of rotatable bonds is 7. The summed E-state index contributed by atoms with van der Waals surface area (Å²) < 4.78 is 0. The van der Waals surface area contributed by atoms with Crippen molar-refractivity contribution in [3.63, 3.8) is 0 Å². The summed E-state index contributed by atoms with van der Waals surface area (Å²) in [5, 5.41) is 15.8. The van der Waals surface area contributed by atoms with Crippen molar-refractivity contribution in [1.29, 1.82) is 0 Å². The van der Waals surface area contributed by atoms with E-state index < -0.39 is 11.5 Å². The monoisotopic (exact) mass is 346 g/mol. The Morgan fingerprint density at radius 1 is 1.18 bits per heavy atom. The van der Waals surface area contributed by atoms with E-state index >= 15 is 0 Å². The van der Waals surface area contributed by atoms with Crippen LogP contribution in [0, 0.1) is 0 Å². The highest BCUT2D eigenvalue weighted by Gasteiger charge is 2.22. The van der Waals surface area contributed by atoms with Gasteiger partial charge in [0.25, 0.3) is 5.91 Å². The van der Waals surface area contributed by atoms with Crippen LogP contribution in [-0.2, 0) is 4.79 Å². The fraction of sp³-hybridized carbons (Fsp3) is 0.467. The molecule has 22 heavy (non-hydrogen) atoms. The number of hydrogen-bond acceptors (Lipinski definition) is 3. The number of carbonyl (C=O) groups excluding carboxylic acids is 2. The zero-order chi connectivity index (χ0) is 16.8. The van der Waals surface area contributed by atoms with Gasteiger partial charge in [0.15, 0.2) is 0 Å². The predicted molar refractivity (Wildman–Crippen MR) is 87.3 cm³/mol. The molecule has 3 N–H and O–H groups in total. The van der Waals surface area contributed by atoms with Crippen molar-refractivity contribution in [2.45, 2.75) is 32.3 Å². The first-order chi connectivity index (χ1) is 10.3. The van der Waals surface area contributed by atoms with Gasteiger partial charge >= 0.3 is 0 Å². The van der Waals surface area contributed by atoms with Crippen molar-refractivity contribution in [2.75, 3.05) is 13.1 Å². The molecule has 1 aromatic rings. The highest BCUT2D eigenvalue weighted by atomic mass is 35.5. The largest absolute Gasteiger partial charge is 0.388 e. The lowest BCUT2D eigenvalue weighted by molar-refractivity contribution is -0.121. The maximum atomic E-state index is 11.9. The third-order valence-electron chi connectivity index (χ3n) is 3.52. The predicted octanol–water partition coefficient (Wildman–Crippen LogP) is 2.39. The average molecular weight is 347 g/mol. The molecule has 0 unspecified atom stereocenters. The Bertz CT molecular complexity index is 546. The van der Waals surface area contributed by atoms with E-state index in [4.69, 9.17) is 23.2 Å². The van der Waals surface area contributed by atoms with Gasteiger partial charge in [0, 0.05) is 11.6 Å². The van der Waals surface area contributed by atoms with E-state index in [1.165, 1.54) is 12.1 Å². The molecular weight excluding hydrogens is 327 g/mol. The molecular formula is C15H20Cl2N2O3. The summed E-state index contributed by atoms with van der Waals surface area (Å²) >= 11 is 11.7. The highest BCUT2D eigenvalue weighted by Crippen LogP contribution is 2.20. The van der Waals surface area contributed by atoms with Crippen molar-refractivity contribution in [2.24, 2.45) is 0 Å². The average Bonchev–Trinajstić information content (AvgIpc) is 2.50. The fourth-order valence-corrected chi connectivity index (χ4v) is 2.25. The number of amides is 2. The molecule has 0 fully saturated rings. The molecule has 7 heteroatoms. The van der Waals surface area contributed by atoms with Gasteiger partial charge in [-0.05, 0) is 31.0 Å². The molecule has 2 amide bonds. The molecule has 0 saturated carbocycles. The second-order valence-electron chi connectivity index (χ2n) is 5.02. The Morgan fingerprint density at radius 3 is 2.36 bits per heavy atom. The molecule has 0 radical (unpaired) electrons. The van der Waals surface area contributed by atoms with E-state index in [9.17, 15) is 14.7 Å². The highest BCUT2D eigenvalue weighted by molar-refractivity contribution is 6.36. The quantitative estimate of drug-likeness (QED) is 0.709. The van der Waals surface area contributed by atoms with Crippen LogP contribution in [0.4, 0.5) is 0 Å².